The molecule has 3 aromatic rings. The van der Waals surface area contributed by atoms with Crippen LogP contribution in [-0.2, 0) is 20.6 Å². The molecule has 0 spiro atoms. The van der Waals surface area contributed by atoms with Gasteiger partial charge in [0.15, 0.2) is 12.0 Å². The van der Waals surface area contributed by atoms with Gasteiger partial charge in [0.1, 0.15) is 36.4 Å². The van der Waals surface area contributed by atoms with Crippen LogP contribution in [-0.4, -0.2) is 55.5 Å². The van der Waals surface area contributed by atoms with E-state index in [0.717, 1.165) is 22.3 Å². The Hall–Kier alpha value is -2.07. The molecule has 0 saturated carbocycles. The number of aromatic nitrogens is 3. The molecule has 5 rings (SSSR count). The monoisotopic (exact) mass is 473 g/mol. The second-order valence-corrected chi connectivity index (χ2v) is 9.53. The zero-order valence-electron chi connectivity index (χ0n) is 18.8. The Balaban J connectivity index is 1.52. The Morgan fingerprint density at radius 3 is 2.76 bits per heavy atom. The maximum absolute atomic E-state index is 11.5. The molecule has 0 aliphatic carbocycles. The summed E-state index contributed by atoms with van der Waals surface area (Å²) in [5, 5.41) is 22.3. The molecule has 5 atom stereocenters. The van der Waals surface area contributed by atoms with Crippen molar-refractivity contribution in [3.63, 3.8) is 0 Å². The maximum atomic E-state index is 11.5. The molecule has 2 N–H and O–H groups in total. The number of fused-ring (bicyclic) bond motifs is 2. The third kappa shape index (κ3) is 4.05. The highest BCUT2D eigenvalue weighted by molar-refractivity contribution is 6.30. The predicted octanol–water partition coefficient (Wildman–Crippen LogP) is 3.47. The van der Waals surface area contributed by atoms with E-state index in [2.05, 4.69) is 9.97 Å². The zero-order chi connectivity index (χ0) is 23.3. The van der Waals surface area contributed by atoms with Gasteiger partial charge < -0.3 is 29.0 Å². The summed E-state index contributed by atoms with van der Waals surface area (Å²) in [5.74, 6) is -0.817. The first-order valence-electron chi connectivity index (χ1n) is 11.2. The van der Waals surface area contributed by atoms with Crippen LogP contribution in [0.4, 0.5) is 0 Å². The lowest BCUT2D eigenvalue weighted by molar-refractivity contribution is -0.207. The maximum Gasteiger partial charge on any atom is 0.164 e. The first kappa shape index (κ1) is 22.7. The number of aryl methyl sites for hydroxylation is 2. The molecule has 2 saturated heterocycles. The van der Waals surface area contributed by atoms with Crippen molar-refractivity contribution in [2.24, 2.45) is 0 Å². The van der Waals surface area contributed by atoms with E-state index >= 15 is 0 Å². The number of rotatable bonds is 6. The van der Waals surface area contributed by atoms with Crippen molar-refractivity contribution < 1.29 is 24.4 Å². The van der Waals surface area contributed by atoms with Gasteiger partial charge in [-0.25, -0.2) is 9.97 Å². The normalized spacial score (nSPS) is 27.2. The number of hydrogen-bond donors (Lipinski definition) is 2. The number of ether oxygens (including phenoxy) is 3. The van der Waals surface area contributed by atoms with Crippen molar-refractivity contribution in [3.05, 3.63) is 58.6 Å². The van der Waals surface area contributed by atoms with Crippen LogP contribution in [0, 0.1) is 6.92 Å². The highest BCUT2D eigenvalue weighted by atomic mass is 35.5. The molecule has 4 heterocycles. The summed E-state index contributed by atoms with van der Waals surface area (Å²) in [5.41, 5.74) is 3.20. The van der Waals surface area contributed by atoms with Gasteiger partial charge in [0, 0.05) is 23.2 Å². The van der Waals surface area contributed by atoms with Gasteiger partial charge in [0.2, 0.25) is 0 Å². The summed E-state index contributed by atoms with van der Waals surface area (Å²) in [4.78, 5) is 8.73. The molecule has 0 radical (unpaired) electrons. The van der Waals surface area contributed by atoms with Crippen LogP contribution < -0.4 is 0 Å². The Labute approximate surface area is 197 Å². The van der Waals surface area contributed by atoms with Crippen molar-refractivity contribution >= 4 is 22.6 Å². The van der Waals surface area contributed by atoms with Gasteiger partial charge in [-0.1, -0.05) is 17.7 Å². The fourth-order valence-electron chi connectivity index (χ4n) is 4.91. The molecule has 1 aromatic carbocycles. The van der Waals surface area contributed by atoms with Crippen LogP contribution in [0.1, 0.15) is 49.4 Å². The second kappa shape index (κ2) is 8.61. The van der Waals surface area contributed by atoms with Crippen LogP contribution >= 0.6 is 11.6 Å². The molecule has 0 unspecified atom stereocenters. The van der Waals surface area contributed by atoms with Gasteiger partial charge in [0.05, 0.1) is 5.69 Å². The quantitative estimate of drug-likeness (QED) is 0.565. The van der Waals surface area contributed by atoms with Gasteiger partial charge >= 0.3 is 0 Å². The van der Waals surface area contributed by atoms with Crippen LogP contribution in [0.5, 0.6) is 0 Å². The molecule has 2 fully saturated rings. The van der Waals surface area contributed by atoms with E-state index in [9.17, 15) is 10.2 Å². The lowest BCUT2D eigenvalue weighted by Crippen LogP contribution is -2.34. The first-order chi connectivity index (χ1) is 15.8. The molecule has 2 aliphatic heterocycles. The van der Waals surface area contributed by atoms with Gasteiger partial charge in [-0.05, 0) is 62.9 Å². The molecule has 0 bridgehead atoms. The van der Waals surface area contributed by atoms with Crippen molar-refractivity contribution in [1.29, 1.82) is 0 Å². The molecule has 2 aliphatic rings. The summed E-state index contributed by atoms with van der Waals surface area (Å²) in [6.45, 7) is 5.72. The average molecular weight is 474 g/mol. The third-order valence-corrected chi connectivity index (χ3v) is 6.62. The standard InChI is InChI=1S/C24H28ClN3O5/c1-13-16-8-9-28(22(16)27-12-26-13)23-21-20(32-24(2,3)33-21)19(31-23)18(30)17-7-6-15(25)11-14(17)5-4-10-29/h6-9,11-12,18-21,23,29-30H,4-5,10H2,1-3H3/t18-,19+,20-,21-,23-/m1/s1. The number of aliphatic hydroxyl groups excluding tert-OH is 2. The Kier molecular flexibility index (Phi) is 5.93. The number of hydrogen-bond acceptors (Lipinski definition) is 7. The molecular weight excluding hydrogens is 446 g/mol. The van der Waals surface area contributed by atoms with Crippen LogP contribution in [0.3, 0.4) is 0 Å². The van der Waals surface area contributed by atoms with Crippen LogP contribution in [0.2, 0.25) is 5.02 Å². The van der Waals surface area contributed by atoms with Crippen molar-refractivity contribution in [1.82, 2.24) is 14.5 Å². The van der Waals surface area contributed by atoms with Crippen molar-refractivity contribution in [3.8, 4) is 0 Å². The summed E-state index contributed by atoms with van der Waals surface area (Å²) in [6.07, 6.45) is 1.52. The minimum absolute atomic E-state index is 0.0574. The van der Waals surface area contributed by atoms with E-state index in [1.165, 1.54) is 6.33 Å². The van der Waals surface area contributed by atoms with E-state index < -0.39 is 36.4 Å². The smallest absolute Gasteiger partial charge is 0.164 e. The lowest BCUT2D eigenvalue weighted by Gasteiger charge is -2.28. The summed E-state index contributed by atoms with van der Waals surface area (Å²) in [7, 11) is 0. The molecule has 2 aromatic heterocycles. The Morgan fingerprint density at radius 2 is 1.97 bits per heavy atom. The zero-order valence-corrected chi connectivity index (χ0v) is 19.6. The van der Waals surface area contributed by atoms with E-state index in [1.807, 2.05) is 49.7 Å². The number of nitrogens with zero attached hydrogens (tertiary/aromatic N) is 3. The fourth-order valence-corrected chi connectivity index (χ4v) is 5.11. The summed E-state index contributed by atoms with van der Waals surface area (Å²) in [6, 6.07) is 7.35. The largest absolute Gasteiger partial charge is 0.396 e. The molecule has 0 amide bonds. The molecule has 176 valence electrons. The van der Waals surface area contributed by atoms with E-state index in [4.69, 9.17) is 25.8 Å². The van der Waals surface area contributed by atoms with Crippen LogP contribution in [0.25, 0.3) is 11.0 Å². The van der Waals surface area contributed by atoms with Gasteiger partial charge in [0.25, 0.3) is 0 Å². The lowest BCUT2D eigenvalue weighted by atomic mass is 9.93. The van der Waals surface area contributed by atoms with E-state index in [0.29, 0.717) is 23.4 Å². The summed E-state index contributed by atoms with van der Waals surface area (Å²) < 4.78 is 20.8. The molecular formula is C24H28ClN3O5. The van der Waals surface area contributed by atoms with E-state index in [-0.39, 0.29) is 6.61 Å². The topological polar surface area (TPSA) is 98.9 Å². The first-order valence-corrected chi connectivity index (χ1v) is 11.5. The number of aliphatic hydroxyl groups is 2. The predicted molar refractivity (Wildman–Crippen MR) is 122 cm³/mol. The highest BCUT2D eigenvalue weighted by Gasteiger charge is 2.58. The molecule has 33 heavy (non-hydrogen) atoms. The highest BCUT2D eigenvalue weighted by Crippen LogP contribution is 2.47. The SMILES string of the molecule is Cc1ncnc2c1ccn2[C@@H]1O[C@@H]([C@H](O)c2ccc(Cl)cc2CCCO)[C@H]2OC(C)(C)O[C@H]21. The van der Waals surface area contributed by atoms with Gasteiger partial charge in [-0.2, -0.15) is 0 Å². The van der Waals surface area contributed by atoms with Gasteiger partial charge in [-0.3, -0.25) is 0 Å². The van der Waals surface area contributed by atoms with Crippen molar-refractivity contribution in [2.45, 2.75) is 70.0 Å². The van der Waals surface area contributed by atoms with Crippen LogP contribution in [0.15, 0.2) is 36.8 Å². The fraction of sp³-hybridized carbons (Fsp3) is 0.500. The second-order valence-electron chi connectivity index (χ2n) is 9.09. The Morgan fingerprint density at radius 1 is 1.18 bits per heavy atom. The summed E-state index contributed by atoms with van der Waals surface area (Å²) >= 11 is 6.21. The number of benzene rings is 1. The minimum Gasteiger partial charge on any atom is -0.396 e. The molecule has 9 heteroatoms. The number of halogens is 1. The van der Waals surface area contributed by atoms with E-state index in [1.54, 1.807) is 6.07 Å². The minimum atomic E-state index is -0.968. The van der Waals surface area contributed by atoms with Crippen molar-refractivity contribution in [2.75, 3.05) is 6.61 Å². The molecule has 8 nitrogen and oxygen atoms in total. The average Bonchev–Trinajstić information content (AvgIpc) is 3.43. The van der Waals surface area contributed by atoms with Gasteiger partial charge in [-0.15, -0.1) is 0 Å². The Bertz CT molecular complexity index is 1170. The third-order valence-electron chi connectivity index (χ3n) is 6.39.